The summed E-state index contributed by atoms with van der Waals surface area (Å²) in [6.45, 7) is 6.28. The van der Waals surface area contributed by atoms with Crippen molar-refractivity contribution in [1.82, 2.24) is 9.88 Å². The SMILES string of the molecule is C=CC1C(O)=C(C(N)=O)C(=O)C2C(O)=C3C(=O)c4c(c(N(C)C)cc5nc(CN6CCCC6)oc45)CC3CC12. The number of allylic oxidation sites excluding steroid dienone is 3. The molecular formula is C29H32N4O6. The van der Waals surface area contributed by atoms with Gasteiger partial charge in [-0.3, -0.25) is 19.3 Å². The molecule has 4 aliphatic rings. The number of nitrogens with two attached hydrogens (primary N) is 1. The number of aliphatic hydroxyl groups excluding tert-OH is 2. The molecule has 0 bridgehead atoms. The van der Waals surface area contributed by atoms with Gasteiger partial charge in [-0.25, -0.2) is 4.98 Å². The minimum absolute atomic E-state index is 0.153. The van der Waals surface area contributed by atoms with E-state index >= 15 is 0 Å². The lowest BCUT2D eigenvalue weighted by atomic mass is 9.59. The van der Waals surface area contributed by atoms with Crippen molar-refractivity contribution in [3.05, 3.63) is 58.4 Å². The normalized spacial score (nSPS) is 27.0. The number of ketones is 2. The summed E-state index contributed by atoms with van der Waals surface area (Å²) in [5, 5.41) is 22.2. The molecule has 1 amide bonds. The number of amides is 1. The van der Waals surface area contributed by atoms with Crippen LogP contribution in [0.1, 0.15) is 41.1 Å². The zero-order valence-electron chi connectivity index (χ0n) is 22.1. The molecule has 1 aromatic carbocycles. The Bertz CT molecular complexity index is 1510. The van der Waals surface area contributed by atoms with Crippen LogP contribution in [0.3, 0.4) is 0 Å². The predicted octanol–water partition coefficient (Wildman–Crippen LogP) is 2.98. The molecule has 10 nitrogen and oxygen atoms in total. The number of hydrogen-bond acceptors (Lipinski definition) is 9. The molecule has 10 heteroatoms. The summed E-state index contributed by atoms with van der Waals surface area (Å²) in [5.74, 6) is -5.40. The molecule has 204 valence electrons. The van der Waals surface area contributed by atoms with Gasteiger partial charge in [0.25, 0.3) is 5.91 Å². The number of carbonyl (C=O) groups excluding carboxylic acids is 3. The largest absolute Gasteiger partial charge is 0.511 e. The Morgan fingerprint density at radius 2 is 1.97 bits per heavy atom. The minimum Gasteiger partial charge on any atom is -0.511 e. The highest BCUT2D eigenvalue weighted by molar-refractivity contribution is 6.23. The van der Waals surface area contributed by atoms with Crippen LogP contribution in [0.5, 0.6) is 0 Å². The van der Waals surface area contributed by atoms with Crippen molar-refractivity contribution < 1.29 is 29.0 Å². The highest BCUT2D eigenvalue weighted by Gasteiger charge is 2.53. The van der Waals surface area contributed by atoms with Gasteiger partial charge in [0.15, 0.2) is 17.1 Å². The van der Waals surface area contributed by atoms with Gasteiger partial charge in [-0.2, -0.15) is 0 Å². The predicted molar refractivity (Wildman–Crippen MR) is 143 cm³/mol. The van der Waals surface area contributed by atoms with Crippen molar-refractivity contribution in [2.75, 3.05) is 32.1 Å². The molecule has 1 fully saturated rings. The number of nitrogens with zero attached hydrogens (tertiary/aromatic N) is 3. The topological polar surface area (TPSA) is 150 Å². The number of primary amides is 1. The first-order chi connectivity index (χ1) is 18.6. The molecule has 0 spiro atoms. The fourth-order valence-corrected chi connectivity index (χ4v) is 7.07. The first-order valence-corrected chi connectivity index (χ1v) is 13.3. The van der Waals surface area contributed by atoms with E-state index in [2.05, 4.69) is 11.5 Å². The van der Waals surface area contributed by atoms with Gasteiger partial charge >= 0.3 is 0 Å². The number of aliphatic hydroxyl groups is 2. The quantitative estimate of drug-likeness (QED) is 0.390. The van der Waals surface area contributed by atoms with E-state index in [4.69, 9.17) is 15.1 Å². The van der Waals surface area contributed by atoms with E-state index in [9.17, 15) is 24.6 Å². The summed E-state index contributed by atoms with van der Waals surface area (Å²) < 4.78 is 6.20. The Labute approximate surface area is 225 Å². The molecule has 39 heavy (non-hydrogen) atoms. The van der Waals surface area contributed by atoms with Crippen molar-refractivity contribution in [3.8, 4) is 0 Å². The molecule has 0 saturated carbocycles. The van der Waals surface area contributed by atoms with Gasteiger partial charge in [0.2, 0.25) is 5.89 Å². The number of Topliss-reactive ketones (excluding diaryl/α,β-unsaturated/α-hetero) is 2. The van der Waals surface area contributed by atoms with E-state index in [1.807, 2.05) is 25.1 Å². The Balaban J connectivity index is 1.50. The summed E-state index contributed by atoms with van der Waals surface area (Å²) in [7, 11) is 3.80. The molecule has 4 unspecified atom stereocenters. The van der Waals surface area contributed by atoms with E-state index in [0.717, 1.165) is 37.2 Å². The summed E-state index contributed by atoms with van der Waals surface area (Å²) in [6, 6.07) is 1.93. The number of fused-ring (bicyclic) bond motifs is 5. The molecule has 1 saturated heterocycles. The zero-order valence-corrected chi connectivity index (χ0v) is 22.1. The summed E-state index contributed by atoms with van der Waals surface area (Å²) in [6.07, 6.45) is 4.50. The fraction of sp³-hybridized carbons (Fsp3) is 0.448. The number of anilines is 1. The van der Waals surface area contributed by atoms with Crippen LogP contribution < -0.4 is 10.6 Å². The maximum absolute atomic E-state index is 14.2. The molecule has 4 N–H and O–H groups in total. The highest BCUT2D eigenvalue weighted by Crippen LogP contribution is 2.52. The average Bonchev–Trinajstić information content (AvgIpc) is 3.52. The van der Waals surface area contributed by atoms with Crippen LogP contribution in [0.15, 0.2) is 45.8 Å². The standard InChI is InChI=1S/C29H32N4O6/c1-4-14-15-9-13-10-16-18(32(2)3)11-17-28(39-19(31-17)12-33-7-5-6-8-33)22(16)26(36)20(13)25(35)21(15)27(37)23(24(14)34)29(30)38/h4,11,13-15,21,34-35H,1,5-10,12H2,2-3H3,(H2,30,38). The van der Waals surface area contributed by atoms with Crippen LogP contribution >= 0.6 is 0 Å². The van der Waals surface area contributed by atoms with Gasteiger partial charge in [0, 0.05) is 31.3 Å². The third kappa shape index (κ3) is 3.72. The van der Waals surface area contributed by atoms with Crippen LogP contribution in [0.2, 0.25) is 0 Å². The second-order valence-electron chi connectivity index (χ2n) is 11.2. The van der Waals surface area contributed by atoms with E-state index in [0.29, 0.717) is 41.9 Å². The minimum atomic E-state index is -1.17. The number of rotatable bonds is 5. The lowest BCUT2D eigenvalue weighted by Crippen LogP contribution is -2.46. The maximum Gasteiger partial charge on any atom is 0.255 e. The molecule has 1 aliphatic heterocycles. The van der Waals surface area contributed by atoms with Gasteiger partial charge in [0.05, 0.1) is 18.0 Å². The Morgan fingerprint density at radius 3 is 2.62 bits per heavy atom. The third-order valence-corrected chi connectivity index (χ3v) is 8.80. The Kier molecular flexibility index (Phi) is 5.91. The van der Waals surface area contributed by atoms with Crippen molar-refractivity contribution in [1.29, 1.82) is 0 Å². The van der Waals surface area contributed by atoms with Crippen LogP contribution in [-0.4, -0.2) is 64.8 Å². The van der Waals surface area contributed by atoms with Gasteiger partial charge in [-0.05, 0) is 62.2 Å². The monoisotopic (exact) mass is 532 g/mol. The van der Waals surface area contributed by atoms with E-state index < -0.39 is 52.5 Å². The van der Waals surface area contributed by atoms with Crippen LogP contribution in [0.4, 0.5) is 5.69 Å². The van der Waals surface area contributed by atoms with Gasteiger partial charge < -0.3 is 25.3 Å². The first-order valence-electron chi connectivity index (χ1n) is 13.3. The smallest absolute Gasteiger partial charge is 0.255 e. The van der Waals surface area contributed by atoms with Gasteiger partial charge in [-0.15, -0.1) is 6.58 Å². The van der Waals surface area contributed by atoms with E-state index in [1.165, 1.54) is 6.08 Å². The second kappa shape index (κ2) is 9.08. The molecule has 1 aromatic heterocycles. The number of likely N-dealkylation sites (tertiary alicyclic amines) is 1. The second-order valence-corrected chi connectivity index (χ2v) is 11.2. The van der Waals surface area contributed by atoms with E-state index in [1.54, 1.807) is 0 Å². The number of aromatic nitrogens is 1. The Hall–Kier alpha value is -3.92. The number of oxazole rings is 1. The number of carbonyl (C=O) groups is 3. The summed E-state index contributed by atoms with van der Waals surface area (Å²) >= 11 is 0. The zero-order chi connectivity index (χ0) is 27.7. The first kappa shape index (κ1) is 25.4. The highest BCUT2D eigenvalue weighted by atomic mass is 16.3. The number of benzene rings is 1. The summed E-state index contributed by atoms with van der Waals surface area (Å²) in [4.78, 5) is 48.5. The molecule has 2 aromatic rings. The maximum atomic E-state index is 14.2. The van der Waals surface area contributed by atoms with Crippen LogP contribution in [0.25, 0.3) is 11.1 Å². The lowest BCUT2D eigenvalue weighted by molar-refractivity contribution is -0.126. The third-order valence-electron chi connectivity index (χ3n) is 8.80. The van der Waals surface area contributed by atoms with Crippen molar-refractivity contribution >= 4 is 34.3 Å². The van der Waals surface area contributed by atoms with Crippen LogP contribution in [-0.2, 0) is 22.6 Å². The fourth-order valence-electron chi connectivity index (χ4n) is 7.07. The molecule has 6 rings (SSSR count). The van der Waals surface area contributed by atoms with Crippen molar-refractivity contribution in [2.45, 2.75) is 32.2 Å². The molecule has 2 heterocycles. The van der Waals surface area contributed by atoms with Gasteiger partial charge in [-0.1, -0.05) is 6.08 Å². The lowest BCUT2D eigenvalue weighted by Gasteiger charge is -2.43. The number of hydrogen-bond donors (Lipinski definition) is 3. The van der Waals surface area contributed by atoms with Crippen molar-refractivity contribution in [2.24, 2.45) is 29.4 Å². The molecule has 0 radical (unpaired) electrons. The summed E-state index contributed by atoms with van der Waals surface area (Å²) in [5.41, 5.74) is 7.96. The van der Waals surface area contributed by atoms with E-state index in [-0.39, 0.29) is 11.3 Å². The molecule has 3 aliphatic carbocycles. The van der Waals surface area contributed by atoms with Crippen LogP contribution in [0, 0.1) is 23.7 Å². The van der Waals surface area contributed by atoms with Crippen molar-refractivity contribution in [3.63, 3.8) is 0 Å². The molecule has 4 atom stereocenters. The van der Waals surface area contributed by atoms with Gasteiger partial charge in [0.1, 0.15) is 22.6 Å². The average molecular weight is 533 g/mol. The molecular weight excluding hydrogens is 500 g/mol. The Morgan fingerprint density at radius 1 is 1.26 bits per heavy atom.